The molecule has 3 aliphatic rings. The number of aliphatic hydroxyl groups is 1. The summed E-state index contributed by atoms with van der Waals surface area (Å²) in [6.07, 6.45) is 9.38. The summed E-state index contributed by atoms with van der Waals surface area (Å²) < 4.78 is 41.1. The van der Waals surface area contributed by atoms with Gasteiger partial charge in [0.25, 0.3) is 0 Å². The average molecular weight is 612 g/mol. The zero-order valence-electron chi connectivity index (χ0n) is 24.9. The molecule has 42 heavy (non-hydrogen) atoms. The molecule has 3 rings (SSSR count). The first-order valence-electron chi connectivity index (χ1n) is 14.4. The highest BCUT2D eigenvalue weighted by atomic mass is 32.2. The number of alkyl halides is 3. The number of primary amides is 1. The van der Waals surface area contributed by atoms with Crippen molar-refractivity contribution >= 4 is 23.6 Å². The van der Waals surface area contributed by atoms with Gasteiger partial charge in [-0.1, -0.05) is 49.9 Å². The molecule has 0 radical (unpaired) electrons. The number of aliphatic hydroxyl groups excluding tert-OH is 1. The predicted molar refractivity (Wildman–Crippen MR) is 163 cm³/mol. The number of nitrogens with two attached hydrogens (primary N) is 1. The smallest absolute Gasteiger partial charge is 0.394 e. The number of halogens is 3. The van der Waals surface area contributed by atoms with Gasteiger partial charge in [-0.3, -0.25) is 14.5 Å². The zero-order valence-corrected chi connectivity index (χ0v) is 25.7. The zero-order chi connectivity index (χ0) is 31.3. The van der Waals surface area contributed by atoms with Crippen molar-refractivity contribution in [1.82, 2.24) is 20.0 Å². The summed E-state index contributed by atoms with van der Waals surface area (Å²) in [6.45, 7) is 10.9. The van der Waals surface area contributed by atoms with Crippen LogP contribution in [0.3, 0.4) is 0 Å². The van der Waals surface area contributed by atoms with Gasteiger partial charge in [0.2, 0.25) is 11.8 Å². The summed E-state index contributed by atoms with van der Waals surface area (Å²) in [4.78, 5) is 31.5. The van der Waals surface area contributed by atoms with Crippen LogP contribution in [0.2, 0.25) is 0 Å². The Labute approximate surface area is 251 Å². The Morgan fingerprint density at radius 1 is 1.10 bits per heavy atom. The monoisotopic (exact) mass is 611 g/mol. The summed E-state index contributed by atoms with van der Waals surface area (Å²) in [5, 5.41) is 11.6. The maximum Gasteiger partial charge on any atom is 0.416 e. The molecule has 8 nitrogen and oxygen atoms in total. The number of allylic oxidation sites excluding steroid dienone is 8. The van der Waals surface area contributed by atoms with E-state index in [0.717, 1.165) is 54.1 Å². The van der Waals surface area contributed by atoms with Gasteiger partial charge >= 0.3 is 6.18 Å². The third-order valence-corrected chi connectivity index (χ3v) is 8.10. The molecule has 12 heteroatoms. The van der Waals surface area contributed by atoms with Crippen LogP contribution in [0.1, 0.15) is 40.5 Å². The minimum atomic E-state index is -4.44. The normalized spacial score (nSPS) is 21.1. The first-order valence-corrected chi connectivity index (χ1v) is 15.2. The molecule has 234 valence electrons. The summed E-state index contributed by atoms with van der Waals surface area (Å²) >= 11 is 1.49. The van der Waals surface area contributed by atoms with E-state index in [-0.39, 0.29) is 12.5 Å². The quantitative estimate of drug-likeness (QED) is 0.343. The van der Waals surface area contributed by atoms with E-state index in [1.54, 1.807) is 0 Å². The maximum atomic E-state index is 13.7. The van der Waals surface area contributed by atoms with Gasteiger partial charge in [-0.2, -0.15) is 13.2 Å². The second kappa shape index (κ2) is 17.3. The van der Waals surface area contributed by atoms with Gasteiger partial charge in [0.05, 0.1) is 30.1 Å². The Hall–Kier alpha value is -2.80. The largest absolute Gasteiger partial charge is 0.416 e. The molecule has 0 aromatic heterocycles. The lowest BCUT2D eigenvalue weighted by Gasteiger charge is -2.37. The number of rotatable bonds is 10. The lowest BCUT2D eigenvalue weighted by molar-refractivity contribution is -0.129. The summed E-state index contributed by atoms with van der Waals surface area (Å²) in [5.41, 5.74) is 5.93. The standard InChI is InChI=1S/C28H38F3N5O3S.C2H6/c1-3-20(28(29,30)31)17-23-24(4-2)40-25-10-7-5-6-9-22(25)36(23)12-8-11-34-13-15-35(16-14-34)18-26(38)33-21(19-37)27(32)39;1-2/h3-4,6-7,9-10,17,21,37H,5,8,11-16,18-19H2,1-2H3,(H2,32,39)(H,33,38);1-2H3/b20-3+,23-17+,24-4+;. The highest BCUT2D eigenvalue weighted by Gasteiger charge is 2.34. The average Bonchev–Trinajstić information content (AvgIpc) is 3.21. The highest BCUT2D eigenvalue weighted by molar-refractivity contribution is 8.07. The third-order valence-electron chi connectivity index (χ3n) is 6.87. The molecule has 1 fully saturated rings. The van der Waals surface area contributed by atoms with Crippen LogP contribution in [-0.4, -0.2) is 96.3 Å². The molecule has 0 aromatic carbocycles. The molecule has 0 bridgehead atoms. The molecule has 0 saturated carbocycles. The van der Waals surface area contributed by atoms with E-state index in [4.69, 9.17) is 10.8 Å². The van der Waals surface area contributed by atoms with Crippen molar-refractivity contribution in [2.75, 3.05) is 52.4 Å². The van der Waals surface area contributed by atoms with Gasteiger partial charge in [-0.15, -0.1) is 0 Å². The number of nitrogens with zero attached hydrogens (tertiary/aromatic N) is 3. The van der Waals surface area contributed by atoms with Crippen molar-refractivity contribution in [1.29, 1.82) is 0 Å². The number of carbonyl (C=O) groups is 2. The van der Waals surface area contributed by atoms with Crippen molar-refractivity contribution in [2.45, 2.75) is 52.8 Å². The predicted octanol–water partition coefficient (Wildman–Crippen LogP) is 4.06. The molecule has 4 N–H and O–H groups in total. The molecule has 1 saturated heterocycles. The Bertz CT molecular complexity index is 1120. The van der Waals surface area contributed by atoms with E-state index in [1.165, 1.54) is 24.8 Å². The maximum absolute atomic E-state index is 13.7. The molecular formula is C30H44F3N5O3S. The molecule has 1 atom stereocenters. The van der Waals surface area contributed by atoms with Gasteiger partial charge in [-0.05, 0) is 51.5 Å². The fourth-order valence-corrected chi connectivity index (χ4v) is 5.77. The molecule has 2 amide bonds. The Morgan fingerprint density at radius 3 is 2.31 bits per heavy atom. The van der Waals surface area contributed by atoms with Crippen LogP contribution in [0.4, 0.5) is 13.2 Å². The number of hydrogen-bond donors (Lipinski definition) is 3. The van der Waals surface area contributed by atoms with Crippen LogP contribution in [0.15, 0.2) is 69.3 Å². The van der Waals surface area contributed by atoms with Crippen molar-refractivity contribution < 1.29 is 27.9 Å². The molecular weight excluding hydrogens is 567 g/mol. The number of amides is 2. The second-order valence-corrected chi connectivity index (χ2v) is 10.7. The molecule has 1 aliphatic carbocycles. The van der Waals surface area contributed by atoms with Crippen LogP contribution in [0.25, 0.3) is 0 Å². The minimum Gasteiger partial charge on any atom is -0.394 e. The van der Waals surface area contributed by atoms with Crippen LogP contribution in [0, 0.1) is 0 Å². The number of thioether (sulfide) groups is 1. The first kappa shape index (κ1) is 35.4. The van der Waals surface area contributed by atoms with Crippen LogP contribution in [-0.2, 0) is 9.59 Å². The van der Waals surface area contributed by atoms with E-state index < -0.39 is 30.3 Å². The Morgan fingerprint density at radius 2 is 1.74 bits per heavy atom. The number of carbonyl (C=O) groups excluding carboxylic acids is 2. The highest BCUT2D eigenvalue weighted by Crippen LogP contribution is 2.45. The number of hydrogen-bond acceptors (Lipinski definition) is 7. The van der Waals surface area contributed by atoms with E-state index >= 15 is 0 Å². The van der Waals surface area contributed by atoms with Gasteiger partial charge in [-0.25, -0.2) is 0 Å². The van der Waals surface area contributed by atoms with Crippen LogP contribution in [0.5, 0.6) is 0 Å². The molecule has 2 aliphatic heterocycles. The lowest BCUT2D eigenvalue weighted by Crippen LogP contribution is -2.53. The molecule has 0 spiro atoms. The van der Waals surface area contributed by atoms with E-state index in [1.807, 2.05) is 54.9 Å². The molecule has 1 unspecified atom stereocenters. The van der Waals surface area contributed by atoms with Crippen molar-refractivity contribution in [3.05, 3.63) is 69.3 Å². The Kier molecular flexibility index (Phi) is 14.6. The fraction of sp³-hybridized carbons (Fsp3) is 0.533. The summed E-state index contributed by atoms with van der Waals surface area (Å²) in [6, 6.07) is -1.10. The van der Waals surface area contributed by atoms with Crippen LogP contribution >= 0.6 is 11.8 Å². The van der Waals surface area contributed by atoms with E-state index in [9.17, 15) is 22.8 Å². The van der Waals surface area contributed by atoms with Crippen LogP contribution < -0.4 is 11.1 Å². The van der Waals surface area contributed by atoms with E-state index in [2.05, 4.69) is 16.3 Å². The van der Waals surface area contributed by atoms with Gasteiger partial charge < -0.3 is 26.0 Å². The van der Waals surface area contributed by atoms with E-state index in [0.29, 0.717) is 25.3 Å². The summed E-state index contributed by atoms with van der Waals surface area (Å²) in [5.74, 6) is -1.16. The van der Waals surface area contributed by atoms with Crippen molar-refractivity contribution in [3.8, 4) is 0 Å². The lowest BCUT2D eigenvalue weighted by atomic mass is 10.1. The van der Waals surface area contributed by atoms with Crippen molar-refractivity contribution in [3.63, 3.8) is 0 Å². The van der Waals surface area contributed by atoms with Gasteiger partial charge in [0.15, 0.2) is 0 Å². The number of piperazine rings is 1. The number of nitrogens with one attached hydrogen (secondary N) is 1. The third kappa shape index (κ3) is 10.2. The SMILES string of the molecule is C/C=C1/SC2=C(C=CCC=C2)N(CCCN2CCN(CC(=O)NC(CO)C(N)=O)CC2)/C1=C/C(=C\C)C(F)(F)F.CC. The molecule has 2 heterocycles. The fourth-order valence-electron chi connectivity index (χ4n) is 4.69. The van der Waals surface area contributed by atoms with Gasteiger partial charge in [0.1, 0.15) is 6.04 Å². The topological polar surface area (TPSA) is 102 Å². The first-order chi connectivity index (χ1) is 20.1. The second-order valence-electron chi connectivity index (χ2n) is 9.64. The molecule has 0 aromatic rings. The Balaban J connectivity index is 0.00000301. The van der Waals surface area contributed by atoms with Gasteiger partial charge in [0, 0.05) is 42.5 Å². The van der Waals surface area contributed by atoms with Crippen molar-refractivity contribution in [2.24, 2.45) is 5.73 Å². The summed E-state index contributed by atoms with van der Waals surface area (Å²) in [7, 11) is 0. The minimum absolute atomic E-state index is 0.104.